The number of phenols is 1. The first-order chi connectivity index (χ1) is 41.8. The Morgan fingerprint density at radius 1 is 0.759 bits per heavy atom. The minimum Gasteiger partial charge on any atom is -0.506 e. The number of ether oxygens (including phenoxy) is 6. The smallest absolute Gasteiger partial charge is 0.340 e. The second-order valence-electron chi connectivity index (χ2n) is 19.2. The molecule has 1 atom stereocenters. The zero-order valence-corrected chi connectivity index (χ0v) is 48.8. The molecular weight excluding hydrogens is 1210 g/mol. The van der Waals surface area contributed by atoms with Crippen molar-refractivity contribution in [2.24, 2.45) is 0 Å². The summed E-state index contributed by atoms with van der Waals surface area (Å²) in [7, 11) is 0. The number of esters is 2. The number of aromatic hydroxyl groups is 1. The van der Waals surface area contributed by atoms with Gasteiger partial charge in [-0.1, -0.05) is 70.7 Å². The summed E-state index contributed by atoms with van der Waals surface area (Å²) in [5.41, 5.74) is 1.88. The van der Waals surface area contributed by atoms with Gasteiger partial charge in [0.1, 0.15) is 34.3 Å². The van der Waals surface area contributed by atoms with Crippen LogP contribution in [0.1, 0.15) is 72.2 Å². The SMILES string of the molecule is CC(=O)Oc1cc2c(cc1Cl)C1(OC(=O)c3ccc(OC=O)cc31)c1cc(Cl)c(C)cc1O2.O=C(NCCOCCOCCCc1ccccc1[N+](=O)[O-])c1ccc(C(=O)O)c(-c2c3cc(Cl)c(=O)cc-3oc3cc(O)c(Cl)cc23)c1.c1ccncc1. The van der Waals surface area contributed by atoms with Gasteiger partial charge in [-0.2, -0.15) is 0 Å². The summed E-state index contributed by atoms with van der Waals surface area (Å²) in [4.78, 5) is 87.7. The molecule has 24 heteroatoms. The number of aromatic carboxylic acids is 1. The third-order valence-electron chi connectivity index (χ3n) is 13.6. The van der Waals surface area contributed by atoms with Gasteiger partial charge in [0.2, 0.25) is 5.43 Å². The average molecular weight is 1260 g/mol. The molecule has 0 fully saturated rings. The van der Waals surface area contributed by atoms with E-state index in [-0.39, 0.29) is 103 Å². The number of phenolic OH excluding ortho intramolecular Hbond substituents is 1. The fourth-order valence-electron chi connectivity index (χ4n) is 9.68. The highest BCUT2D eigenvalue weighted by Gasteiger charge is 2.54. The molecule has 1 aliphatic carbocycles. The van der Waals surface area contributed by atoms with Gasteiger partial charge in [-0.15, -0.1) is 0 Å². The monoisotopic (exact) mass is 1260 g/mol. The topological polar surface area (TPSA) is 279 Å². The third-order valence-corrected chi connectivity index (χ3v) is 14.9. The number of nitrogens with one attached hydrogen (secondary N) is 1. The van der Waals surface area contributed by atoms with Crippen LogP contribution in [-0.2, 0) is 35.8 Å². The molecule has 3 N–H and O–H groups in total. The lowest BCUT2D eigenvalue weighted by Gasteiger charge is -2.37. The van der Waals surface area contributed by atoms with Crippen molar-refractivity contribution in [1.29, 1.82) is 0 Å². The molecule has 4 aliphatic rings. The molecule has 1 aromatic heterocycles. The predicted octanol–water partition coefficient (Wildman–Crippen LogP) is 13.0. The third kappa shape index (κ3) is 13.7. The number of nitro benzene ring substituents is 1. The standard InChI is InChI=1S/C34H28Cl2N2O10.C24H14Cl2O7.C5H5N/c35-25-15-23-30(17-28(25)39)48-31-18-29(40)26(36)16-24(31)32(23)22-14-20(7-8-21(22)34(42)43)33(41)37-9-11-47-13-12-46-10-3-5-19-4-1-2-6-27(19)38(44)45;1-11-5-20-16(7-18(11)25)24(15-6-13(30-10-27)3-4-14(15)23(29)33-24)17-8-19(26)22(31-12(2)28)9-21(17)32-20;1-2-4-6-5-3-1/h1-2,4,6-8,14-18,39H,3,5,9-13H2,(H,37,41)(H,42,43);3-10H,1-2H3;1-5H. The van der Waals surface area contributed by atoms with E-state index in [2.05, 4.69) is 10.3 Å². The number of hydrogen-bond donors (Lipinski definition) is 3. The van der Waals surface area contributed by atoms with Crippen LogP contribution in [0, 0.1) is 17.0 Å². The van der Waals surface area contributed by atoms with E-state index in [0.717, 1.165) is 11.6 Å². The Morgan fingerprint density at radius 2 is 1.48 bits per heavy atom. The number of carboxylic acid groups (broad SMARTS) is 1. The first-order valence-corrected chi connectivity index (χ1v) is 27.8. The summed E-state index contributed by atoms with van der Waals surface area (Å²) in [5, 5.41) is 34.8. The highest BCUT2D eigenvalue weighted by molar-refractivity contribution is 6.34. The quantitative estimate of drug-likeness (QED) is 0.0145. The number of aryl methyl sites for hydroxylation is 2. The molecule has 20 nitrogen and oxygen atoms in total. The normalized spacial score (nSPS) is 13.3. The minimum absolute atomic E-state index is 0.0283. The van der Waals surface area contributed by atoms with E-state index in [0.29, 0.717) is 76.5 Å². The number of carbonyl (C=O) groups is 5. The van der Waals surface area contributed by atoms with Crippen molar-refractivity contribution in [3.05, 3.63) is 225 Å². The van der Waals surface area contributed by atoms with E-state index < -0.39 is 39.8 Å². The van der Waals surface area contributed by atoms with Crippen molar-refractivity contribution >= 4 is 93.3 Å². The molecular formula is C63H47Cl4N3O17. The van der Waals surface area contributed by atoms with Crippen LogP contribution >= 0.6 is 46.4 Å². The van der Waals surface area contributed by atoms with Crippen molar-refractivity contribution in [1.82, 2.24) is 10.3 Å². The summed E-state index contributed by atoms with van der Waals surface area (Å²) in [6.45, 7) is 4.66. The van der Waals surface area contributed by atoms with Crippen LogP contribution in [0.15, 0.2) is 149 Å². The molecule has 4 heterocycles. The van der Waals surface area contributed by atoms with Gasteiger partial charge >= 0.3 is 17.9 Å². The molecule has 1 spiro atoms. The van der Waals surface area contributed by atoms with Gasteiger partial charge in [0.15, 0.2) is 11.4 Å². The molecule has 7 aromatic rings. The maximum atomic E-state index is 13.1. The van der Waals surface area contributed by atoms with Gasteiger partial charge < -0.3 is 48.4 Å². The van der Waals surface area contributed by atoms with Gasteiger partial charge in [0.05, 0.1) is 50.9 Å². The number of carbonyl (C=O) groups excluding carboxylic acids is 4. The Kier molecular flexibility index (Phi) is 19.5. The number of hydrogen-bond acceptors (Lipinski definition) is 17. The molecule has 0 saturated carbocycles. The lowest BCUT2D eigenvalue weighted by atomic mass is 9.77. The molecule has 1 amide bonds. The Bertz CT molecular complexity index is 4170. The van der Waals surface area contributed by atoms with Crippen LogP contribution in [0.4, 0.5) is 5.69 Å². The van der Waals surface area contributed by atoms with Gasteiger partial charge in [-0.25, -0.2) is 9.59 Å². The second kappa shape index (κ2) is 27.3. The van der Waals surface area contributed by atoms with Crippen LogP contribution in [0.25, 0.3) is 33.4 Å². The maximum absolute atomic E-state index is 13.1. The van der Waals surface area contributed by atoms with Crippen LogP contribution in [0.5, 0.6) is 28.7 Å². The summed E-state index contributed by atoms with van der Waals surface area (Å²) < 4.78 is 39.3. The Balaban J connectivity index is 0.000000199. The molecule has 0 saturated heterocycles. The van der Waals surface area contributed by atoms with Crippen LogP contribution < -0.4 is 25.0 Å². The van der Waals surface area contributed by atoms with E-state index in [4.69, 9.17) is 79.2 Å². The Hall–Kier alpha value is -9.41. The van der Waals surface area contributed by atoms with Gasteiger partial charge in [0, 0.05) is 106 Å². The second-order valence-corrected chi connectivity index (χ2v) is 20.8. The Labute approximate surface area is 514 Å². The molecule has 6 aromatic carbocycles. The average Bonchev–Trinajstić information content (AvgIpc) is 1.65. The first kappa shape index (κ1) is 62.1. The first-order valence-electron chi connectivity index (χ1n) is 26.3. The maximum Gasteiger partial charge on any atom is 0.340 e. The zero-order chi connectivity index (χ0) is 62.1. The minimum atomic E-state index is -1.49. The van der Waals surface area contributed by atoms with E-state index in [1.807, 2.05) is 25.1 Å². The highest BCUT2D eigenvalue weighted by Crippen LogP contribution is 2.59. The predicted molar refractivity (Wildman–Crippen MR) is 320 cm³/mol. The fourth-order valence-corrected chi connectivity index (χ4v) is 10.4. The number of benzene rings is 7. The fraction of sp³-hybridized carbons (Fsp3) is 0.159. The van der Waals surface area contributed by atoms with Crippen molar-refractivity contribution in [2.45, 2.75) is 32.3 Å². The number of amides is 1. The Morgan fingerprint density at radius 3 is 2.17 bits per heavy atom. The number of nitrogens with zero attached hydrogens (tertiary/aromatic N) is 2. The number of carboxylic acids is 1. The molecule has 87 heavy (non-hydrogen) atoms. The van der Waals surface area contributed by atoms with Crippen LogP contribution in [-0.4, -0.2) is 83.4 Å². The lowest BCUT2D eigenvalue weighted by molar-refractivity contribution is -0.385. The molecule has 0 bridgehead atoms. The largest absolute Gasteiger partial charge is 0.506 e. The number of fused-ring (bicyclic) bond motifs is 8. The van der Waals surface area contributed by atoms with E-state index in [1.54, 1.807) is 48.8 Å². The number of para-hydroxylation sites is 1. The summed E-state index contributed by atoms with van der Waals surface area (Å²) in [6, 6.07) is 32.5. The van der Waals surface area contributed by atoms with Crippen molar-refractivity contribution in [3.8, 4) is 51.2 Å². The summed E-state index contributed by atoms with van der Waals surface area (Å²) >= 11 is 25.2. The van der Waals surface area contributed by atoms with E-state index in [1.165, 1.54) is 73.7 Å². The molecule has 1 unspecified atom stereocenters. The number of pyridine rings is 1. The summed E-state index contributed by atoms with van der Waals surface area (Å²) in [6.07, 6.45) is 4.62. The van der Waals surface area contributed by atoms with Crippen LogP contribution in [0.3, 0.4) is 0 Å². The highest BCUT2D eigenvalue weighted by atomic mass is 35.5. The molecule has 3 aliphatic heterocycles. The van der Waals surface area contributed by atoms with Crippen molar-refractivity contribution in [3.63, 3.8) is 0 Å². The lowest BCUT2D eigenvalue weighted by Crippen LogP contribution is -2.33. The van der Waals surface area contributed by atoms with Gasteiger partial charge in [0.25, 0.3) is 18.1 Å². The number of rotatable bonds is 17. The van der Waals surface area contributed by atoms with E-state index in [9.17, 15) is 49.1 Å². The summed E-state index contributed by atoms with van der Waals surface area (Å²) in [5.74, 6) is -2.13. The van der Waals surface area contributed by atoms with E-state index >= 15 is 0 Å². The van der Waals surface area contributed by atoms with Crippen molar-refractivity contribution < 1.29 is 71.9 Å². The number of nitro groups is 1. The van der Waals surface area contributed by atoms with Gasteiger partial charge in [-0.05, 0) is 110 Å². The zero-order valence-electron chi connectivity index (χ0n) is 45.7. The molecule has 0 radical (unpaired) electrons. The number of aromatic nitrogens is 1. The number of halogens is 4. The van der Waals surface area contributed by atoms with Gasteiger partial charge in [-0.3, -0.25) is 34.3 Å². The molecule has 11 rings (SSSR count). The van der Waals surface area contributed by atoms with Crippen LogP contribution in [0.2, 0.25) is 20.1 Å². The molecule has 444 valence electrons. The van der Waals surface area contributed by atoms with Crippen molar-refractivity contribution in [2.75, 3.05) is 33.0 Å².